The summed E-state index contributed by atoms with van der Waals surface area (Å²) in [6, 6.07) is 7.53. The van der Waals surface area contributed by atoms with Crippen LogP contribution in [0.5, 0.6) is 0 Å². The van der Waals surface area contributed by atoms with Gasteiger partial charge >= 0.3 is 0 Å². The molecule has 0 radical (unpaired) electrons. The third-order valence-electron chi connectivity index (χ3n) is 2.79. The summed E-state index contributed by atoms with van der Waals surface area (Å²) in [7, 11) is 0. The zero-order valence-corrected chi connectivity index (χ0v) is 11.3. The monoisotopic (exact) mass is 330 g/mol. The Kier molecular flexibility index (Phi) is 4.27. The van der Waals surface area contributed by atoms with Gasteiger partial charge in [0, 0.05) is 12.0 Å². The van der Waals surface area contributed by atoms with Crippen LogP contribution in [0.4, 0.5) is 13.2 Å². The van der Waals surface area contributed by atoms with E-state index >= 15 is 0 Å². The van der Waals surface area contributed by atoms with E-state index < -0.39 is 23.6 Å². The van der Waals surface area contributed by atoms with Crippen molar-refractivity contribution in [3.8, 4) is 0 Å². The predicted molar refractivity (Wildman–Crippen MR) is 69.1 cm³/mol. The molecule has 0 amide bonds. The Hall–Kier alpha value is -1.33. The second-order valence-electron chi connectivity index (χ2n) is 4.09. The Morgan fingerprint density at radius 1 is 1.00 bits per heavy atom. The number of halogens is 4. The van der Waals surface area contributed by atoms with E-state index in [1.165, 1.54) is 30.3 Å². The first-order valence-electron chi connectivity index (χ1n) is 5.55. The molecule has 0 saturated heterocycles. The molecule has 100 valence electrons. The molecule has 19 heavy (non-hydrogen) atoms. The van der Waals surface area contributed by atoms with Crippen LogP contribution in [0.25, 0.3) is 0 Å². The fraction of sp³-hybridized carbons (Fsp3) is 0.143. The quantitative estimate of drug-likeness (QED) is 0.838. The smallest absolute Gasteiger partial charge is 0.143 e. The lowest BCUT2D eigenvalue weighted by Gasteiger charge is -2.13. The zero-order chi connectivity index (χ0) is 14.0. The van der Waals surface area contributed by atoms with Gasteiger partial charge < -0.3 is 5.11 Å². The van der Waals surface area contributed by atoms with Gasteiger partial charge in [-0.2, -0.15) is 0 Å². The lowest BCUT2D eigenvalue weighted by molar-refractivity contribution is 0.175. The average molecular weight is 331 g/mol. The molecule has 0 spiro atoms. The number of aliphatic hydroxyl groups excluding tert-OH is 1. The molecular formula is C14H10BrF3O. The van der Waals surface area contributed by atoms with Gasteiger partial charge in [0.2, 0.25) is 0 Å². The second-order valence-corrected chi connectivity index (χ2v) is 4.95. The summed E-state index contributed by atoms with van der Waals surface area (Å²) in [6.07, 6.45) is -1.32. The van der Waals surface area contributed by atoms with Crippen molar-refractivity contribution in [1.82, 2.24) is 0 Å². The van der Waals surface area contributed by atoms with Crippen LogP contribution in [0.1, 0.15) is 17.2 Å². The SMILES string of the molecule is OC(Cc1c(F)ccc(Br)c1F)c1ccc(F)cc1. The summed E-state index contributed by atoms with van der Waals surface area (Å²) in [6.45, 7) is 0. The minimum Gasteiger partial charge on any atom is -0.388 e. The molecule has 0 saturated carbocycles. The van der Waals surface area contributed by atoms with E-state index in [1.807, 2.05) is 0 Å². The van der Waals surface area contributed by atoms with Gasteiger partial charge in [-0.1, -0.05) is 12.1 Å². The summed E-state index contributed by atoms with van der Waals surface area (Å²) in [5.74, 6) is -1.89. The average Bonchev–Trinajstić information content (AvgIpc) is 2.40. The van der Waals surface area contributed by atoms with Gasteiger partial charge in [-0.15, -0.1) is 0 Å². The molecule has 0 aliphatic heterocycles. The molecule has 5 heteroatoms. The maximum Gasteiger partial charge on any atom is 0.143 e. The van der Waals surface area contributed by atoms with E-state index in [-0.39, 0.29) is 16.5 Å². The van der Waals surface area contributed by atoms with Gasteiger partial charge in [-0.05, 0) is 45.8 Å². The molecule has 0 aromatic heterocycles. The first kappa shape index (κ1) is 14.1. The second kappa shape index (κ2) is 5.75. The highest BCUT2D eigenvalue weighted by Crippen LogP contribution is 2.26. The van der Waals surface area contributed by atoms with Crippen LogP contribution in [-0.2, 0) is 6.42 Å². The molecule has 0 bridgehead atoms. The molecule has 0 aliphatic rings. The van der Waals surface area contributed by atoms with Crippen molar-refractivity contribution in [3.63, 3.8) is 0 Å². The molecule has 0 heterocycles. The molecule has 0 aliphatic carbocycles. The van der Waals surface area contributed by atoms with Crippen molar-refractivity contribution in [2.24, 2.45) is 0 Å². The minimum atomic E-state index is -1.10. The van der Waals surface area contributed by atoms with Crippen LogP contribution in [0.15, 0.2) is 40.9 Å². The Labute approximate surface area is 116 Å². The first-order valence-corrected chi connectivity index (χ1v) is 6.34. The van der Waals surface area contributed by atoms with Crippen molar-refractivity contribution >= 4 is 15.9 Å². The van der Waals surface area contributed by atoms with Gasteiger partial charge in [0.05, 0.1) is 10.6 Å². The standard InChI is InChI=1S/C14H10BrF3O/c15-11-5-6-12(17)10(14(11)18)7-13(19)8-1-3-9(16)4-2-8/h1-6,13,19H,7H2. The molecule has 1 atom stereocenters. The molecule has 2 rings (SSSR count). The number of hydrogen-bond acceptors (Lipinski definition) is 1. The molecule has 1 nitrogen and oxygen atoms in total. The third kappa shape index (κ3) is 3.16. The van der Waals surface area contributed by atoms with Gasteiger partial charge in [0.1, 0.15) is 17.5 Å². The number of rotatable bonds is 3. The molecule has 1 N–H and O–H groups in total. The molecule has 1 unspecified atom stereocenters. The number of hydrogen-bond donors (Lipinski definition) is 1. The highest BCUT2D eigenvalue weighted by molar-refractivity contribution is 9.10. The number of benzene rings is 2. The fourth-order valence-electron chi connectivity index (χ4n) is 1.75. The highest BCUT2D eigenvalue weighted by Gasteiger charge is 2.17. The Bertz CT molecular complexity index is 584. The lowest BCUT2D eigenvalue weighted by atomic mass is 10.0. The van der Waals surface area contributed by atoms with Gasteiger partial charge in [0.25, 0.3) is 0 Å². The van der Waals surface area contributed by atoms with Crippen molar-refractivity contribution in [1.29, 1.82) is 0 Å². The van der Waals surface area contributed by atoms with Crippen molar-refractivity contribution in [3.05, 3.63) is 69.4 Å². The van der Waals surface area contributed by atoms with Crippen LogP contribution >= 0.6 is 15.9 Å². The van der Waals surface area contributed by atoms with Gasteiger partial charge in [-0.25, -0.2) is 13.2 Å². The van der Waals surface area contributed by atoms with E-state index in [0.29, 0.717) is 5.56 Å². The van der Waals surface area contributed by atoms with E-state index in [1.54, 1.807) is 0 Å². The number of aliphatic hydroxyl groups is 1. The van der Waals surface area contributed by atoms with Gasteiger partial charge in [-0.3, -0.25) is 0 Å². The van der Waals surface area contributed by atoms with Crippen LogP contribution < -0.4 is 0 Å². The maximum absolute atomic E-state index is 13.7. The minimum absolute atomic E-state index is 0.134. The largest absolute Gasteiger partial charge is 0.388 e. The Balaban J connectivity index is 2.26. The summed E-state index contributed by atoms with van der Waals surface area (Å²) >= 11 is 2.96. The van der Waals surface area contributed by atoms with E-state index in [0.717, 1.165) is 6.07 Å². The fourth-order valence-corrected chi connectivity index (χ4v) is 2.12. The van der Waals surface area contributed by atoms with Crippen molar-refractivity contribution < 1.29 is 18.3 Å². The summed E-state index contributed by atoms with van der Waals surface area (Å²) in [5, 5.41) is 9.93. The van der Waals surface area contributed by atoms with E-state index in [9.17, 15) is 18.3 Å². The van der Waals surface area contributed by atoms with Crippen LogP contribution in [0.3, 0.4) is 0 Å². The van der Waals surface area contributed by atoms with Crippen LogP contribution in [0, 0.1) is 17.5 Å². The molecule has 0 fully saturated rings. The van der Waals surface area contributed by atoms with Crippen molar-refractivity contribution in [2.45, 2.75) is 12.5 Å². The maximum atomic E-state index is 13.7. The van der Waals surface area contributed by atoms with Crippen LogP contribution in [-0.4, -0.2) is 5.11 Å². The normalized spacial score (nSPS) is 12.5. The van der Waals surface area contributed by atoms with Crippen LogP contribution in [0.2, 0.25) is 0 Å². The summed E-state index contributed by atoms with van der Waals surface area (Å²) < 4.78 is 40.2. The Morgan fingerprint density at radius 3 is 2.26 bits per heavy atom. The summed E-state index contributed by atoms with van der Waals surface area (Å²) in [4.78, 5) is 0. The predicted octanol–water partition coefficient (Wildman–Crippen LogP) is 4.14. The van der Waals surface area contributed by atoms with Crippen molar-refractivity contribution in [2.75, 3.05) is 0 Å². The van der Waals surface area contributed by atoms with Gasteiger partial charge in [0.15, 0.2) is 0 Å². The third-order valence-corrected chi connectivity index (χ3v) is 3.40. The topological polar surface area (TPSA) is 20.2 Å². The first-order chi connectivity index (χ1) is 8.99. The molecule has 2 aromatic rings. The summed E-state index contributed by atoms with van der Waals surface area (Å²) in [5.41, 5.74) is 0.200. The zero-order valence-electron chi connectivity index (χ0n) is 9.71. The van der Waals surface area contributed by atoms with E-state index in [2.05, 4.69) is 15.9 Å². The lowest BCUT2D eigenvalue weighted by Crippen LogP contribution is -2.06. The highest BCUT2D eigenvalue weighted by atomic mass is 79.9. The molecule has 2 aromatic carbocycles. The van der Waals surface area contributed by atoms with E-state index in [4.69, 9.17) is 0 Å². The Morgan fingerprint density at radius 2 is 1.63 bits per heavy atom. The molecular weight excluding hydrogens is 321 g/mol.